The van der Waals surface area contributed by atoms with Gasteiger partial charge in [0.1, 0.15) is 11.5 Å². The third-order valence-electron chi connectivity index (χ3n) is 3.45. The maximum atomic E-state index is 13.5. The molecule has 0 spiro atoms. The van der Waals surface area contributed by atoms with Gasteiger partial charge in [0.2, 0.25) is 0 Å². The average molecular weight is 352 g/mol. The first kappa shape index (κ1) is 18.5. The summed E-state index contributed by atoms with van der Waals surface area (Å²) < 4.78 is 52.5. The molecule has 0 unspecified atom stereocenters. The molecular formula is C17H16F4N4. The van der Waals surface area contributed by atoms with Crippen molar-refractivity contribution < 1.29 is 17.6 Å². The van der Waals surface area contributed by atoms with Crippen LogP contribution in [0.15, 0.2) is 49.2 Å². The summed E-state index contributed by atoms with van der Waals surface area (Å²) in [5.41, 5.74) is 11.6. The normalized spacial score (nSPS) is 12.8. The van der Waals surface area contributed by atoms with Crippen LogP contribution in [0, 0.1) is 5.82 Å². The molecule has 132 valence electrons. The van der Waals surface area contributed by atoms with Crippen molar-refractivity contribution in [1.29, 1.82) is 0 Å². The van der Waals surface area contributed by atoms with Gasteiger partial charge in [-0.25, -0.2) is 4.39 Å². The minimum atomic E-state index is -4.82. The molecule has 0 saturated carbocycles. The van der Waals surface area contributed by atoms with Gasteiger partial charge in [0.25, 0.3) is 0 Å². The van der Waals surface area contributed by atoms with E-state index in [9.17, 15) is 17.6 Å². The van der Waals surface area contributed by atoms with Crippen LogP contribution in [-0.2, 0) is 12.7 Å². The number of halogens is 4. The first-order valence-electron chi connectivity index (χ1n) is 7.19. The monoisotopic (exact) mass is 352 g/mol. The predicted molar refractivity (Wildman–Crippen MR) is 88.4 cm³/mol. The topological polar surface area (TPSA) is 80.7 Å². The Morgan fingerprint density at radius 2 is 2.04 bits per heavy atom. The van der Waals surface area contributed by atoms with Gasteiger partial charge in [0, 0.05) is 17.7 Å². The zero-order valence-electron chi connectivity index (χ0n) is 13.1. The van der Waals surface area contributed by atoms with E-state index in [1.807, 2.05) is 0 Å². The zero-order chi connectivity index (χ0) is 18.6. The van der Waals surface area contributed by atoms with Gasteiger partial charge in [0.15, 0.2) is 0 Å². The van der Waals surface area contributed by atoms with Gasteiger partial charge >= 0.3 is 6.18 Å². The van der Waals surface area contributed by atoms with E-state index < -0.39 is 17.6 Å². The standard InChI is InChI=1S/C17H16F4N4/c1-2-3-10(6-7-22)15-14(9-23)24-25-16(15)11-4-5-13(18)12(8-11)17(19,20)21/h2-8H,1,9,22-23H2,(H,24,25)/b7-6-,10-3+. The largest absolute Gasteiger partial charge is 0.419 e. The van der Waals surface area contributed by atoms with E-state index in [1.165, 1.54) is 18.3 Å². The average Bonchev–Trinajstić information content (AvgIpc) is 2.98. The Bertz CT molecular complexity index is 832. The van der Waals surface area contributed by atoms with Crippen molar-refractivity contribution >= 4 is 5.57 Å². The molecule has 0 aliphatic heterocycles. The summed E-state index contributed by atoms with van der Waals surface area (Å²) in [6.45, 7) is 3.67. The van der Waals surface area contributed by atoms with Gasteiger partial charge in [0.05, 0.1) is 11.3 Å². The first-order chi connectivity index (χ1) is 11.8. The zero-order valence-corrected chi connectivity index (χ0v) is 13.1. The van der Waals surface area contributed by atoms with Gasteiger partial charge in [-0.05, 0) is 36.0 Å². The third-order valence-corrected chi connectivity index (χ3v) is 3.45. The Hall–Kier alpha value is -2.87. The van der Waals surface area contributed by atoms with Gasteiger partial charge in [-0.2, -0.15) is 18.3 Å². The second-order valence-corrected chi connectivity index (χ2v) is 5.04. The Labute approximate surface area is 141 Å². The fraction of sp³-hybridized carbons (Fsp3) is 0.118. The fourth-order valence-electron chi connectivity index (χ4n) is 2.39. The van der Waals surface area contributed by atoms with Gasteiger partial charge in [-0.15, -0.1) is 0 Å². The molecule has 2 rings (SSSR count). The number of H-pyrrole nitrogens is 1. The first-order valence-corrected chi connectivity index (χ1v) is 7.19. The Kier molecular flexibility index (Phi) is 5.43. The second kappa shape index (κ2) is 7.35. The molecule has 1 aromatic heterocycles. The van der Waals surface area contributed by atoms with Crippen LogP contribution in [0.1, 0.15) is 16.8 Å². The molecule has 0 amide bonds. The molecule has 4 nitrogen and oxygen atoms in total. The SMILES string of the molecule is C=C/C=C(\C=C/N)c1c(-c2ccc(F)c(C(F)(F)F)c2)n[nH]c1CN. The Morgan fingerprint density at radius 3 is 2.60 bits per heavy atom. The molecule has 1 aromatic carbocycles. The van der Waals surface area contributed by atoms with Gasteiger partial charge in [-0.3, -0.25) is 5.10 Å². The highest BCUT2D eigenvalue weighted by Crippen LogP contribution is 2.36. The number of allylic oxidation sites excluding steroid dienone is 4. The van der Waals surface area contributed by atoms with Crippen molar-refractivity contribution in [3.63, 3.8) is 0 Å². The summed E-state index contributed by atoms with van der Waals surface area (Å²) in [5.74, 6) is -1.35. The van der Waals surface area contributed by atoms with Crippen LogP contribution in [0.4, 0.5) is 17.6 Å². The van der Waals surface area contributed by atoms with E-state index >= 15 is 0 Å². The van der Waals surface area contributed by atoms with E-state index in [0.717, 1.165) is 6.07 Å². The molecule has 25 heavy (non-hydrogen) atoms. The number of nitrogens with one attached hydrogen (secondary N) is 1. The molecular weight excluding hydrogens is 336 g/mol. The van der Waals surface area contributed by atoms with Crippen LogP contribution >= 0.6 is 0 Å². The number of aromatic amines is 1. The lowest BCUT2D eigenvalue weighted by Crippen LogP contribution is -2.08. The van der Waals surface area contributed by atoms with E-state index in [1.54, 1.807) is 12.2 Å². The number of hydrogen-bond acceptors (Lipinski definition) is 3. The number of rotatable bonds is 5. The summed E-state index contributed by atoms with van der Waals surface area (Å²) in [7, 11) is 0. The molecule has 0 aliphatic carbocycles. The summed E-state index contributed by atoms with van der Waals surface area (Å²) in [5, 5.41) is 6.74. The maximum Gasteiger partial charge on any atom is 0.419 e. The molecule has 0 bridgehead atoms. The Balaban J connectivity index is 2.71. The number of hydrogen-bond donors (Lipinski definition) is 3. The maximum absolute atomic E-state index is 13.5. The van der Waals surface area contributed by atoms with Crippen molar-refractivity contribution in [3.05, 3.63) is 71.8 Å². The Morgan fingerprint density at radius 1 is 1.32 bits per heavy atom. The van der Waals surface area contributed by atoms with E-state index in [0.29, 0.717) is 22.9 Å². The number of alkyl halides is 3. The highest BCUT2D eigenvalue weighted by molar-refractivity contribution is 5.85. The smallest absolute Gasteiger partial charge is 0.405 e. The van der Waals surface area contributed by atoms with Crippen LogP contribution in [0.3, 0.4) is 0 Å². The van der Waals surface area contributed by atoms with Gasteiger partial charge < -0.3 is 11.5 Å². The van der Waals surface area contributed by atoms with Crippen molar-refractivity contribution in [3.8, 4) is 11.3 Å². The molecule has 8 heteroatoms. The van der Waals surface area contributed by atoms with E-state index in [-0.39, 0.29) is 17.8 Å². The highest BCUT2D eigenvalue weighted by atomic mass is 19.4. The molecule has 0 aliphatic rings. The summed E-state index contributed by atoms with van der Waals surface area (Å²) in [6, 6.07) is 2.70. The third kappa shape index (κ3) is 3.80. The number of aromatic nitrogens is 2. The van der Waals surface area contributed by atoms with Crippen LogP contribution in [-0.4, -0.2) is 10.2 Å². The number of benzene rings is 1. The fourth-order valence-corrected chi connectivity index (χ4v) is 2.39. The van der Waals surface area contributed by atoms with Crippen molar-refractivity contribution in [2.75, 3.05) is 0 Å². The lowest BCUT2D eigenvalue weighted by Gasteiger charge is -2.11. The van der Waals surface area contributed by atoms with E-state index in [2.05, 4.69) is 16.8 Å². The molecule has 5 N–H and O–H groups in total. The summed E-state index contributed by atoms with van der Waals surface area (Å²) in [6.07, 6.45) is 1.12. The molecule has 0 radical (unpaired) electrons. The van der Waals surface area contributed by atoms with Gasteiger partial charge in [-0.1, -0.05) is 18.7 Å². The number of nitrogens with two attached hydrogens (primary N) is 2. The van der Waals surface area contributed by atoms with Crippen LogP contribution < -0.4 is 11.5 Å². The van der Waals surface area contributed by atoms with Crippen molar-refractivity contribution in [2.45, 2.75) is 12.7 Å². The second-order valence-electron chi connectivity index (χ2n) is 5.04. The van der Waals surface area contributed by atoms with E-state index in [4.69, 9.17) is 11.5 Å². The van der Waals surface area contributed by atoms with Crippen molar-refractivity contribution in [1.82, 2.24) is 10.2 Å². The minimum Gasteiger partial charge on any atom is -0.405 e. The van der Waals surface area contributed by atoms with Crippen LogP contribution in [0.5, 0.6) is 0 Å². The molecule has 0 fully saturated rings. The lowest BCUT2D eigenvalue weighted by atomic mass is 9.97. The highest BCUT2D eigenvalue weighted by Gasteiger charge is 2.34. The molecule has 0 atom stereocenters. The minimum absolute atomic E-state index is 0.0720. The van der Waals surface area contributed by atoms with Crippen molar-refractivity contribution in [2.24, 2.45) is 11.5 Å². The summed E-state index contributed by atoms with van der Waals surface area (Å²) in [4.78, 5) is 0. The number of nitrogens with zero attached hydrogens (tertiary/aromatic N) is 1. The molecule has 1 heterocycles. The molecule has 2 aromatic rings. The van der Waals surface area contributed by atoms with Crippen LogP contribution in [0.25, 0.3) is 16.8 Å². The predicted octanol–water partition coefficient (Wildman–Crippen LogP) is 3.74. The lowest BCUT2D eigenvalue weighted by molar-refractivity contribution is -0.139. The quantitative estimate of drug-likeness (QED) is 0.566. The molecule has 0 saturated heterocycles. The summed E-state index contributed by atoms with van der Waals surface area (Å²) >= 11 is 0. The van der Waals surface area contributed by atoms with Crippen LogP contribution in [0.2, 0.25) is 0 Å².